The van der Waals surface area contributed by atoms with Gasteiger partial charge in [-0.2, -0.15) is 0 Å². The minimum absolute atomic E-state index is 0.0798. The number of carbonyl (C=O) groups excluding carboxylic acids is 1. The molecule has 0 unspecified atom stereocenters. The van der Waals surface area contributed by atoms with Gasteiger partial charge in [0.05, 0.1) is 19.8 Å². The highest BCUT2D eigenvalue weighted by atomic mass is 35.5. The van der Waals surface area contributed by atoms with Crippen LogP contribution in [-0.4, -0.2) is 43.8 Å². The molecular formula is C12H16ClN3O2. The zero-order valence-electron chi connectivity index (χ0n) is 9.99. The molecule has 1 heterocycles. The maximum Gasteiger partial charge on any atom is 0.239 e. The number of rotatable bonds is 4. The van der Waals surface area contributed by atoms with Crippen LogP contribution >= 0.6 is 11.6 Å². The predicted octanol–water partition coefficient (Wildman–Crippen LogP) is 1.12. The third-order valence-corrected chi connectivity index (χ3v) is 2.85. The fourth-order valence-electron chi connectivity index (χ4n) is 1.64. The average Bonchev–Trinajstić information content (AvgIpc) is 2.40. The molecule has 6 heteroatoms. The Morgan fingerprint density at radius 2 is 1.94 bits per heavy atom. The van der Waals surface area contributed by atoms with Crippen molar-refractivity contribution in [3.05, 3.63) is 29.3 Å². The standard InChI is InChI=1S/C12H16ClN3O2/c13-10-1-3-11(4-2-10)15-12(17)9-14-16-5-7-18-8-6-16/h1-4,14H,5-9H2,(H,15,17). The summed E-state index contributed by atoms with van der Waals surface area (Å²) in [4.78, 5) is 11.7. The Morgan fingerprint density at radius 1 is 1.28 bits per heavy atom. The number of nitrogens with zero attached hydrogens (tertiary/aromatic N) is 1. The molecule has 2 N–H and O–H groups in total. The molecule has 0 saturated carbocycles. The highest BCUT2D eigenvalue weighted by molar-refractivity contribution is 6.30. The number of benzene rings is 1. The third-order valence-electron chi connectivity index (χ3n) is 2.60. The molecule has 0 aliphatic carbocycles. The second kappa shape index (κ2) is 6.70. The van der Waals surface area contributed by atoms with E-state index in [9.17, 15) is 4.79 Å². The summed E-state index contributed by atoms with van der Waals surface area (Å²) >= 11 is 5.77. The molecule has 0 atom stereocenters. The molecule has 1 aromatic carbocycles. The van der Waals surface area contributed by atoms with Gasteiger partial charge in [-0.05, 0) is 24.3 Å². The monoisotopic (exact) mass is 269 g/mol. The molecule has 1 aromatic rings. The largest absolute Gasteiger partial charge is 0.379 e. The minimum Gasteiger partial charge on any atom is -0.379 e. The van der Waals surface area contributed by atoms with Crippen LogP contribution in [0.3, 0.4) is 0 Å². The average molecular weight is 270 g/mol. The van der Waals surface area contributed by atoms with Gasteiger partial charge in [-0.25, -0.2) is 10.4 Å². The lowest BCUT2D eigenvalue weighted by Crippen LogP contribution is -2.48. The fourth-order valence-corrected chi connectivity index (χ4v) is 1.77. The van der Waals surface area contributed by atoms with Gasteiger partial charge in [0.15, 0.2) is 0 Å². The summed E-state index contributed by atoms with van der Waals surface area (Å²) in [5.74, 6) is -0.0798. The van der Waals surface area contributed by atoms with Crippen molar-refractivity contribution in [2.24, 2.45) is 0 Å². The lowest BCUT2D eigenvalue weighted by Gasteiger charge is -2.26. The highest BCUT2D eigenvalue weighted by Crippen LogP contribution is 2.12. The molecule has 2 rings (SSSR count). The van der Waals surface area contributed by atoms with E-state index in [1.54, 1.807) is 24.3 Å². The van der Waals surface area contributed by atoms with Gasteiger partial charge < -0.3 is 10.1 Å². The van der Waals surface area contributed by atoms with Crippen LogP contribution in [0.4, 0.5) is 5.69 Å². The number of hydrogen-bond acceptors (Lipinski definition) is 4. The van der Waals surface area contributed by atoms with E-state index in [-0.39, 0.29) is 12.5 Å². The lowest BCUT2D eigenvalue weighted by molar-refractivity contribution is -0.116. The second-order valence-corrected chi connectivity index (χ2v) is 4.43. The summed E-state index contributed by atoms with van der Waals surface area (Å²) in [6.45, 7) is 3.25. The SMILES string of the molecule is O=C(CNN1CCOCC1)Nc1ccc(Cl)cc1. The zero-order valence-corrected chi connectivity index (χ0v) is 10.7. The molecule has 98 valence electrons. The molecule has 0 spiro atoms. The maximum atomic E-state index is 11.7. The number of hydrogen-bond donors (Lipinski definition) is 2. The number of carbonyl (C=O) groups is 1. The normalized spacial score (nSPS) is 16.5. The summed E-state index contributed by atoms with van der Waals surface area (Å²) in [7, 11) is 0. The summed E-state index contributed by atoms with van der Waals surface area (Å²) in [6.07, 6.45) is 0. The number of ether oxygens (including phenoxy) is 1. The molecule has 5 nitrogen and oxygen atoms in total. The van der Waals surface area contributed by atoms with Crippen molar-refractivity contribution in [3.8, 4) is 0 Å². The highest BCUT2D eigenvalue weighted by Gasteiger charge is 2.11. The number of halogens is 1. The Kier molecular flexibility index (Phi) is 4.95. The van der Waals surface area contributed by atoms with Crippen LogP contribution in [0, 0.1) is 0 Å². The number of morpholine rings is 1. The Balaban J connectivity index is 1.73. The van der Waals surface area contributed by atoms with E-state index in [2.05, 4.69) is 10.7 Å². The van der Waals surface area contributed by atoms with Crippen LogP contribution in [0.1, 0.15) is 0 Å². The molecule has 0 bridgehead atoms. The van der Waals surface area contributed by atoms with E-state index < -0.39 is 0 Å². The topological polar surface area (TPSA) is 53.6 Å². The van der Waals surface area contributed by atoms with Crippen LogP contribution in [0.25, 0.3) is 0 Å². The second-order valence-electron chi connectivity index (χ2n) is 3.99. The summed E-state index contributed by atoms with van der Waals surface area (Å²) in [5.41, 5.74) is 3.81. The first-order valence-electron chi connectivity index (χ1n) is 5.85. The molecule has 1 amide bonds. The summed E-state index contributed by atoms with van der Waals surface area (Å²) < 4.78 is 5.22. The summed E-state index contributed by atoms with van der Waals surface area (Å²) in [5, 5.41) is 5.43. The van der Waals surface area contributed by atoms with E-state index in [1.165, 1.54) is 0 Å². The Bertz CT molecular complexity index is 391. The molecule has 1 aliphatic rings. The Morgan fingerprint density at radius 3 is 2.61 bits per heavy atom. The van der Waals surface area contributed by atoms with Crippen LogP contribution in [0.15, 0.2) is 24.3 Å². The first kappa shape index (κ1) is 13.3. The van der Waals surface area contributed by atoms with Gasteiger partial charge in [0.2, 0.25) is 5.91 Å². The quantitative estimate of drug-likeness (QED) is 0.860. The predicted molar refractivity (Wildman–Crippen MR) is 70.5 cm³/mol. The van der Waals surface area contributed by atoms with Crippen LogP contribution in [0.5, 0.6) is 0 Å². The molecule has 1 fully saturated rings. The summed E-state index contributed by atoms with van der Waals surface area (Å²) in [6, 6.07) is 7.03. The van der Waals surface area contributed by atoms with Crippen molar-refractivity contribution in [2.75, 3.05) is 38.2 Å². The number of anilines is 1. The van der Waals surface area contributed by atoms with Crippen molar-refractivity contribution in [2.45, 2.75) is 0 Å². The van der Waals surface area contributed by atoms with Crippen molar-refractivity contribution in [1.82, 2.24) is 10.4 Å². The van der Waals surface area contributed by atoms with Gasteiger partial charge in [0.1, 0.15) is 0 Å². The van der Waals surface area contributed by atoms with E-state index in [0.29, 0.717) is 18.2 Å². The molecule has 0 radical (unpaired) electrons. The number of amides is 1. The Labute approximate surface area is 111 Å². The van der Waals surface area contributed by atoms with Crippen LogP contribution in [-0.2, 0) is 9.53 Å². The zero-order chi connectivity index (χ0) is 12.8. The van der Waals surface area contributed by atoms with Crippen LogP contribution < -0.4 is 10.7 Å². The molecule has 0 aromatic heterocycles. The molecule has 18 heavy (non-hydrogen) atoms. The van der Waals surface area contributed by atoms with E-state index >= 15 is 0 Å². The number of nitrogens with one attached hydrogen (secondary N) is 2. The van der Waals surface area contributed by atoms with Gasteiger partial charge in [-0.3, -0.25) is 4.79 Å². The van der Waals surface area contributed by atoms with Gasteiger partial charge in [-0.1, -0.05) is 11.6 Å². The van der Waals surface area contributed by atoms with Crippen molar-refractivity contribution in [3.63, 3.8) is 0 Å². The fraction of sp³-hybridized carbons (Fsp3) is 0.417. The maximum absolute atomic E-state index is 11.7. The molecule has 1 aliphatic heterocycles. The van der Waals surface area contributed by atoms with Gasteiger partial charge in [0, 0.05) is 23.8 Å². The lowest BCUT2D eigenvalue weighted by atomic mass is 10.3. The van der Waals surface area contributed by atoms with E-state index in [4.69, 9.17) is 16.3 Å². The van der Waals surface area contributed by atoms with Crippen molar-refractivity contribution < 1.29 is 9.53 Å². The van der Waals surface area contributed by atoms with Gasteiger partial charge in [0.25, 0.3) is 0 Å². The van der Waals surface area contributed by atoms with Gasteiger partial charge >= 0.3 is 0 Å². The molecular weight excluding hydrogens is 254 g/mol. The minimum atomic E-state index is -0.0798. The molecule has 1 saturated heterocycles. The van der Waals surface area contributed by atoms with Crippen LogP contribution in [0.2, 0.25) is 5.02 Å². The van der Waals surface area contributed by atoms with Gasteiger partial charge in [-0.15, -0.1) is 0 Å². The van der Waals surface area contributed by atoms with Crippen molar-refractivity contribution in [1.29, 1.82) is 0 Å². The van der Waals surface area contributed by atoms with E-state index in [1.807, 2.05) is 5.01 Å². The third kappa shape index (κ3) is 4.27. The Hall–Kier alpha value is -1.14. The first-order valence-corrected chi connectivity index (χ1v) is 6.23. The smallest absolute Gasteiger partial charge is 0.239 e. The first-order chi connectivity index (χ1) is 8.74. The number of hydrazine groups is 1. The van der Waals surface area contributed by atoms with Crippen molar-refractivity contribution >= 4 is 23.2 Å². The van der Waals surface area contributed by atoms with E-state index in [0.717, 1.165) is 18.8 Å².